The highest BCUT2D eigenvalue weighted by Gasteiger charge is 2.10. The Balaban J connectivity index is 2.04. The van der Waals surface area contributed by atoms with Gasteiger partial charge in [0.15, 0.2) is 11.5 Å². The van der Waals surface area contributed by atoms with Gasteiger partial charge in [0.2, 0.25) is 0 Å². The van der Waals surface area contributed by atoms with Gasteiger partial charge < -0.3 is 14.8 Å². The summed E-state index contributed by atoms with van der Waals surface area (Å²) < 4.78 is 12.5. The average Bonchev–Trinajstić information content (AvgIpc) is 3.02. The molecular formula is C17H22BrNO2S. The van der Waals surface area contributed by atoms with E-state index in [2.05, 4.69) is 51.7 Å². The summed E-state index contributed by atoms with van der Waals surface area (Å²) >= 11 is 5.40. The molecule has 2 rings (SSSR count). The van der Waals surface area contributed by atoms with E-state index in [1.807, 2.05) is 13.0 Å². The van der Waals surface area contributed by atoms with Crippen molar-refractivity contribution in [1.29, 1.82) is 0 Å². The third kappa shape index (κ3) is 5.00. The maximum atomic E-state index is 5.76. The van der Waals surface area contributed by atoms with Crippen LogP contribution >= 0.6 is 27.3 Å². The van der Waals surface area contributed by atoms with Crippen LogP contribution in [0.5, 0.6) is 11.5 Å². The Morgan fingerprint density at radius 2 is 1.95 bits per heavy atom. The molecule has 0 aliphatic carbocycles. The van der Waals surface area contributed by atoms with Crippen molar-refractivity contribution in [3.63, 3.8) is 0 Å². The van der Waals surface area contributed by atoms with Crippen molar-refractivity contribution in [2.45, 2.75) is 33.4 Å². The Hall–Kier alpha value is -1.04. The van der Waals surface area contributed by atoms with Crippen LogP contribution in [0.4, 0.5) is 0 Å². The molecule has 3 nitrogen and oxygen atoms in total. The first-order chi connectivity index (χ1) is 10.7. The molecule has 1 aromatic carbocycles. The molecule has 1 aromatic heterocycles. The lowest BCUT2D eigenvalue weighted by atomic mass is 10.2. The quantitative estimate of drug-likeness (QED) is 0.661. The van der Waals surface area contributed by atoms with E-state index in [0.29, 0.717) is 13.2 Å². The lowest BCUT2D eigenvalue weighted by molar-refractivity contribution is 0.276. The Morgan fingerprint density at radius 1 is 1.14 bits per heavy atom. The van der Waals surface area contributed by atoms with Crippen LogP contribution in [0.25, 0.3) is 0 Å². The van der Waals surface area contributed by atoms with Crippen molar-refractivity contribution in [2.24, 2.45) is 0 Å². The van der Waals surface area contributed by atoms with Gasteiger partial charge in [-0.2, -0.15) is 0 Å². The molecule has 0 saturated heterocycles. The van der Waals surface area contributed by atoms with Crippen LogP contribution in [0.2, 0.25) is 0 Å². The molecule has 0 unspecified atom stereocenters. The molecule has 5 heteroatoms. The SMILES string of the molecule is CCCOc1cc(Br)c(CNCc2cccs2)cc1OCC. The van der Waals surface area contributed by atoms with Crippen molar-refractivity contribution in [3.8, 4) is 11.5 Å². The van der Waals surface area contributed by atoms with E-state index in [4.69, 9.17) is 9.47 Å². The predicted molar refractivity (Wildman–Crippen MR) is 96.0 cm³/mol. The van der Waals surface area contributed by atoms with E-state index >= 15 is 0 Å². The van der Waals surface area contributed by atoms with Gasteiger partial charge >= 0.3 is 0 Å². The van der Waals surface area contributed by atoms with Crippen molar-refractivity contribution in [3.05, 3.63) is 44.6 Å². The summed E-state index contributed by atoms with van der Waals surface area (Å²) in [6.07, 6.45) is 0.979. The number of benzene rings is 1. The third-order valence-corrected chi connectivity index (χ3v) is 4.68. The van der Waals surface area contributed by atoms with Crippen LogP contribution < -0.4 is 14.8 Å². The van der Waals surface area contributed by atoms with Gasteiger partial charge in [0.1, 0.15) is 0 Å². The van der Waals surface area contributed by atoms with Crippen LogP contribution in [0.3, 0.4) is 0 Å². The Kier molecular flexibility index (Phi) is 7.22. The molecule has 0 saturated carbocycles. The lowest BCUT2D eigenvalue weighted by Crippen LogP contribution is -2.12. The van der Waals surface area contributed by atoms with Crippen molar-refractivity contribution >= 4 is 27.3 Å². The maximum absolute atomic E-state index is 5.76. The van der Waals surface area contributed by atoms with Gasteiger partial charge in [0, 0.05) is 22.4 Å². The fourth-order valence-corrected chi connectivity index (χ4v) is 3.18. The molecule has 0 amide bonds. The highest BCUT2D eigenvalue weighted by atomic mass is 79.9. The van der Waals surface area contributed by atoms with E-state index in [1.165, 1.54) is 10.4 Å². The second kappa shape index (κ2) is 9.18. The normalized spacial score (nSPS) is 10.7. The highest BCUT2D eigenvalue weighted by molar-refractivity contribution is 9.10. The molecule has 0 aliphatic rings. The molecule has 0 aliphatic heterocycles. The van der Waals surface area contributed by atoms with E-state index < -0.39 is 0 Å². The number of hydrogen-bond donors (Lipinski definition) is 1. The van der Waals surface area contributed by atoms with E-state index in [-0.39, 0.29) is 0 Å². The van der Waals surface area contributed by atoms with Gasteiger partial charge in [-0.15, -0.1) is 11.3 Å². The molecule has 2 aromatic rings. The average molecular weight is 384 g/mol. The summed E-state index contributed by atoms with van der Waals surface area (Å²) in [4.78, 5) is 1.34. The van der Waals surface area contributed by atoms with E-state index in [9.17, 15) is 0 Å². The number of nitrogens with one attached hydrogen (secondary N) is 1. The smallest absolute Gasteiger partial charge is 0.162 e. The summed E-state index contributed by atoms with van der Waals surface area (Å²) in [7, 11) is 0. The molecule has 1 N–H and O–H groups in total. The van der Waals surface area contributed by atoms with Gasteiger partial charge in [-0.3, -0.25) is 0 Å². The van der Waals surface area contributed by atoms with Crippen LogP contribution in [-0.4, -0.2) is 13.2 Å². The molecule has 0 bridgehead atoms. The Bertz CT molecular complexity index is 572. The fourth-order valence-electron chi connectivity index (χ4n) is 2.04. The summed E-state index contributed by atoms with van der Waals surface area (Å²) in [5.41, 5.74) is 1.17. The topological polar surface area (TPSA) is 30.5 Å². The Morgan fingerprint density at radius 3 is 2.64 bits per heavy atom. The summed E-state index contributed by atoms with van der Waals surface area (Å²) in [5.74, 6) is 1.62. The van der Waals surface area contributed by atoms with E-state index in [1.54, 1.807) is 11.3 Å². The predicted octanol–water partition coefficient (Wildman–Crippen LogP) is 4.99. The molecule has 0 radical (unpaired) electrons. The van der Waals surface area contributed by atoms with Crippen LogP contribution in [0, 0.1) is 0 Å². The third-order valence-electron chi connectivity index (χ3n) is 3.07. The standard InChI is InChI=1S/C17H22BrNO2S/c1-3-7-21-17-10-15(18)13(9-16(17)20-4-2)11-19-12-14-6-5-8-22-14/h5-6,8-10,19H,3-4,7,11-12H2,1-2H3. The van der Waals surface area contributed by atoms with E-state index in [0.717, 1.165) is 35.5 Å². The summed E-state index contributed by atoms with van der Waals surface area (Å²) in [6.45, 7) is 7.07. The zero-order chi connectivity index (χ0) is 15.8. The zero-order valence-corrected chi connectivity index (χ0v) is 15.4. The number of ether oxygens (including phenoxy) is 2. The maximum Gasteiger partial charge on any atom is 0.162 e. The fraction of sp³-hybridized carbons (Fsp3) is 0.412. The first kappa shape index (κ1) is 17.3. The highest BCUT2D eigenvalue weighted by Crippen LogP contribution is 2.34. The number of hydrogen-bond acceptors (Lipinski definition) is 4. The molecule has 0 atom stereocenters. The monoisotopic (exact) mass is 383 g/mol. The second-order valence-electron chi connectivity index (χ2n) is 4.85. The number of thiophene rings is 1. The zero-order valence-electron chi connectivity index (χ0n) is 13.0. The van der Waals surface area contributed by atoms with Gasteiger partial charge in [-0.1, -0.05) is 28.9 Å². The van der Waals surface area contributed by atoms with Crippen molar-refractivity contribution in [1.82, 2.24) is 5.32 Å². The van der Waals surface area contributed by atoms with Crippen molar-refractivity contribution in [2.75, 3.05) is 13.2 Å². The molecule has 0 fully saturated rings. The summed E-state index contributed by atoms with van der Waals surface area (Å²) in [6, 6.07) is 8.27. The minimum Gasteiger partial charge on any atom is -0.490 e. The van der Waals surface area contributed by atoms with Crippen molar-refractivity contribution < 1.29 is 9.47 Å². The minimum atomic E-state index is 0.631. The van der Waals surface area contributed by atoms with Crippen LogP contribution in [-0.2, 0) is 13.1 Å². The summed E-state index contributed by atoms with van der Waals surface area (Å²) in [5, 5.41) is 5.56. The number of rotatable bonds is 9. The van der Waals surface area contributed by atoms with Gasteiger partial charge in [-0.25, -0.2) is 0 Å². The molecule has 0 spiro atoms. The van der Waals surface area contributed by atoms with Crippen LogP contribution in [0.1, 0.15) is 30.7 Å². The second-order valence-corrected chi connectivity index (χ2v) is 6.74. The first-order valence-electron chi connectivity index (χ1n) is 7.55. The van der Waals surface area contributed by atoms with Gasteiger partial charge in [0.05, 0.1) is 13.2 Å². The molecular weight excluding hydrogens is 362 g/mol. The lowest BCUT2D eigenvalue weighted by Gasteiger charge is -2.15. The first-order valence-corrected chi connectivity index (χ1v) is 9.23. The number of halogens is 1. The molecule has 1 heterocycles. The van der Waals surface area contributed by atoms with Gasteiger partial charge in [-0.05, 0) is 42.5 Å². The largest absolute Gasteiger partial charge is 0.490 e. The minimum absolute atomic E-state index is 0.631. The van der Waals surface area contributed by atoms with Gasteiger partial charge in [0.25, 0.3) is 0 Å². The Labute approximate surface area is 144 Å². The molecule has 22 heavy (non-hydrogen) atoms. The molecule has 120 valence electrons. The van der Waals surface area contributed by atoms with Crippen LogP contribution in [0.15, 0.2) is 34.1 Å².